The fourth-order valence-electron chi connectivity index (χ4n) is 2.70. The smallest absolute Gasteiger partial charge is 0.123 e. The van der Waals surface area contributed by atoms with Crippen LogP contribution in [0.5, 0.6) is 5.75 Å². The van der Waals surface area contributed by atoms with Crippen molar-refractivity contribution in [2.45, 2.75) is 44.8 Å². The van der Waals surface area contributed by atoms with Crippen molar-refractivity contribution in [1.29, 1.82) is 0 Å². The zero-order valence-electron chi connectivity index (χ0n) is 10.6. The first-order valence-corrected chi connectivity index (χ1v) is 6.60. The predicted molar refractivity (Wildman–Crippen MR) is 71.7 cm³/mol. The second kappa shape index (κ2) is 4.61. The number of nitrogens with one attached hydrogen (secondary N) is 1. The Morgan fingerprint density at radius 2 is 2.17 bits per heavy atom. The topological polar surface area (TPSA) is 63.9 Å². The Morgan fingerprint density at radius 1 is 1.33 bits per heavy atom. The first kappa shape index (κ1) is 11.5. The van der Waals surface area contributed by atoms with Gasteiger partial charge >= 0.3 is 0 Å². The molecule has 1 fully saturated rings. The van der Waals surface area contributed by atoms with Crippen LogP contribution in [0.3, 0.4) is 0 Å². The van der Waals surface area contributed by atoms with Crippen LogP contribution in [-0.2, 0) is 0 Å². The highest BCUT2D eigenvalue weighted by molar-refractivity contribution is 5.83. The first-order chi connectivity index (χ1) is 8.75. The van der Waals surface area contributed by atoms with Gasteiger partial charge in [-0.15, -0.1) is 0 Å². The SMILES string of the molecule is Cc1c(O[C@H]2CCCC[C@@H]2N)ccc2[nH]ncc12. The Morgan fingerprint density at radius 3 is 3.00 bits per heavy atom. The molecule has 1 aliphatic rings. The number of fused-ring (bicyclic) bond motifs is 1. The van der Waals surface area contributed by atoms with Gasteiger partial charge in [-0.25, -0.2) is 0 Å². The molecule has 1 aromatic heterocycles. The average molecular weight is 245 g/mol. The standard InChI is InChI=1S/C14H19N3O/c1-9-10-8-16-17-12(10)6-7-13(9)18-14-5-3-2-4-11(14)15/h6-8,11,14H,2-5,15H2,1H3,(H,16,17)/t11-,14-/m0/s1. The van der Waals surface area contributed by atoms with Gasteiger partial charge in [0, 0.05) is 17.0 Å². The maximum atomic E-state index is 6.13. The second-order valence-corrected chi connectivity index (χ2v) is 5.12. The molecule has 0 bridgehead atoms. The van der Waals surface area contributed by atoms with Gasteiger partial charge in [0.25, 0.3) is 0 Å². The van der Waals surface area contributed by atoms with E-state index in [2.05, 4.69) is 17.1 Å². The molecule has 96 valence electrons. The molecule has 4 heteroatoms. The van der Waals surface area contributed by atoms with Crippen molar-refractivity contribution in [2.24, 2.45) is 5.73 Å². The summed E-state index contributed by atoms with van der Waals surface area (Å²) in [7, 11) is 0. The van der Waals surface area contributed by atoms with E-state index in [1.54, 1.807) is 0 Å². The van der Waals surface area contributed by atoms with Gasteiger partial charge in [-0.3, -0.25) is 5.10 Å². The molecule has 3 N–H and O–H groups in total. The van der Waals surface area contributed by atoms with Gasteiger partial charge in [-0.1, -0.05) is 6.42 Å². The van der Waals surface area contributed by atoms with Gasteiger partial charge in [-0.2, -0.15) is 5.10 Å². The van der Waals surface area contributed by atoms with Crippen LogP contribution in [0.4, 0.5) is 0 Å². The van der Waals surface area contributed by atoms with Crippen molar-refractivity contribution in [3.63, 3.8) is 0 Å². The summed E-state index contributed by atoms with van der Waals surface area (Å²) in [5.74, 6) is 0.936. The lowest BCUT2D eigenvalue weighted by molar-refractivity contribution is 0.131. The van der Waals surface area contributed by atoms with Crippen LogP contribution in [0.2, 0.25) is 0 Å². The zero-order chi connectivity index (χ0) is 12.5. The van der Waals surface area contributed by atoms with Crippen LogP contribution in [-0.4, -0.2) is 22.3 Å². The molecule has 1 heterocycles. The molecule has 0 unspecified atom stereocenters. The van der Waals surface area contributed by atoms with Crippen molar-refractivity contribution in [2.75, 3.05) is 0 Å². The molecule has 1 aromatic carbocycles. The van der Waals surface area contributed by atoms with Crippen molar-refractivity contribution in [3.8, 4) is 5.75 Å². The molecule has 0 aliphatic heterocycles. The number of ether oxygens (including phenoxy) is 1. The van der Waals surface area contributed by atoms with E-state index in [0.717, 1.165) is 35.1 Å². The van der Waals surface area contributed by atoms with Gasteiger partial charge in [0.1, 0.15) is 11.9 Å². The Hall–Kier alpha value is -1.55. The van der Waals surface area contributed by atoms with E-state index in [4.69, 9.17) is 10.5 Å². The maximum Gasteiger partial charge on any atom is 0.123 e. The maximum absolute atomic E-state index is 6.13. The zero-order valence-corrected chi connectivity index (χ0v) is 10.6. The molecule has 0 saturated heterocycles. The normalized spacial score (nSPS) is 24.3. The number of hydrogen-bond acceptors (Lipinski definition) is 3. The number of H-pyrrole nitrogens is 1. The lowest BCUT2D eigenvalue weighted by Gasteiger charge is -2.29. The van der Waals surface area contributed by atoms with Crippen molar-refractivity contribution in [1.82, 2.24) is 10.2 Å². The summed E-state index contributed by atoms with van der Waals surface area (Å²) in [5.41, 5.74) is 8.31. The molecule has 4 nitrogen and oxygen atoms in total. The van der Waals surface area contributed by atoms with Crippen LogP contribution >= 0.6 is 0 Å². The second-order valence-electron chi connectivity index (χ2n) is 5.12. The van der Waals surface area contributed by atoms with Crippen LogP contribution in [0.1, 0.15) is 31.2 Å². The van der Waals surface area contributed by atoms with Crippen LogP contribution in [0, 0.1) is 6.92 Å². The van der Waals surface area contributed by atoms with E-state index in [0.29, 0.717) is 0 Å². The molecule has 2 aromatic rings. The summed E-state index contributed by atoms with van der Waals surface area (Å²) in [5, 5.41) is 8.15. The minimum atomic E-state index is 0.154. The average Bonchev–Trinajstić information content (AvgIpc) is 2.84. The summed E-state index contributed by atoms with van der Waals surface area (Å²) in [6, 6.07) is 4.19. The number of hydrogen-bond donors (Lipinski definition) is 2. The molecule has 0 amide bonds. The minimum Gasteiger partial charge on any atom is -0.489 e. The van der Waals surface area contributed by atoms with E-state index in [1.807, 2.05) is 18.3 Å². The Balaban J connectivity index is 1.87. The monoisotopic (exact) mass is 245 g/mol. The quantitative estimate of drug-likeness (QED) is 0.854. The molecule has 1 saturated carbocycles. The molecule has 2 atom stereocenters. The van der Waals surface area contributed by atoms with Gasteiger partial charge in [0.2, 0.25) is 0 Å². The number of nitrogens with zero attached hydrogens (tertiary/aromatic N) is 1. The third-order valence-electron chi connectivity index (χ3n) is 3.88. The van der Waals surface area contributed by atoms with E-state index in [9.17, 15) is 0 Å². The highest BCUT2D eigenvalue weighted by atomic mass is 16.5. The first-order valence-electron chi connectivity index (χ1n) is 6.60. The van der Waals surface area contributed by atoms with Crippen molar-refractivity contribution < 1.29 is 4.74 Å². The van der Waals surface area contributed by atoms with Gasteiger partial charge in [-0.05, 0) is 38.3 Å². The summed E-state index contributed by atoms with van der Waals surface area (Å²) >= 11 is 0. The highest BCUT2D eigenvalue weighted by Gasteiger charge is 2.24. The van der Waals surface area contributed by atoms with E-state index < -0.39 is 0 Å². The number of aromatic amines is 1. The number of nitrogens with two attached hydrogens (primary N) is 1. The van der Waals surface area contributed by atoms with Crippen LogP contribution in [0.25, 0.3) is 10.9 Å². The predicted octanol–water partition coefficient (Wildman–Crippen LogP) is 2.52. The van der Waals surface area contributed by atoms with E-state index in [-0.39, 0.29) is 12.1 Å². The molecule has 3 rings (SSSR count). The fourth-order valence-corrected chi connectivity index (χ4v) is 2.70. The minimum absolute atomic E-state index is 0.154. The van der Waals surface area contributed by atoms with Gasteiger partial charge in [0.15, 0.2) is 0 Å². The largest absolute Gasteiger partial charge is 0.489 e. The van der Waals surface area contributed by atoms with Gasteiger partial charge in [0.05, 0.1) is 11.7 Å². The molecular formula is C14H19N3O. The Bertz CT molecular complexity index is 549. The molecule has 18 heavy (non-hydrogen) atoms. The Kier molecular flexibility index (Phi) is 2.96. The molecule has 1 aliphatic carbocycles. The summed E-state index contributed by atoms with van der Waals surface area (Å²) < 4.78 is 6.11. The fraction of sp³-hybridized carbons (Fsp3) is 0.500. The van der Waals surface area contributed by atoms with Crippen molar-refractivity contribution in [3.05, 3.63) is 23.9 Å². The lowest BCUT2D eigenvalue weighted by Crippen LogP contribution is -2.41. The Labute approximate surface area is 107 Å². The molecule has 0 radical (unpaired) electrons. The number of benzene rings is 1. The third-order valence-corrected chi connectivity index (χ3v) is 3.88. The summed E-state index contributed by atoms with van der Waals surface area (Å²) in [6.45, 7) is 2.07. The lowest BCUT2D eigenvalue weighted by atomic mass is 9.93. The van der Waals surface area contributed by atoms with Crippen LogP contribution in [0.15, 0.2) is 18.3 Å². The number of rotatable bonds is 2. The molecule has 0 spiro atoms. The van der Waals surface area contributed by atoms with Crippen LogP contribution < -0.4 is 10.5 Å². The number of aromatic nitrogens is 2. The third kappa shape index (κ3) is 1.97. The number of aryl methyl sites for hydroxylation is 1. The van der Waals surface area contributed by atoms with Gasteiger partial charge < -0.3 is 10.5 Å². The van der Waals surface area contributed by atoms with E-state index >= 15 is 0 Å². The summed E-state index contributed by atoms with van der Waals surface area (Å²) in [6.07, 6.45) is 6.56. The summed E-state index contributed by atoms with van der Waals surface area (Å²) in [4.78, 5) is 0. The van der Waals surface area contributed by atoms with Crippen molar-refractivity contribution >= 4 is 10.9 Å². The highest BCUT2D eigenvalue weighted by Crippen LogP contribution is 2.29. The molecular weight excluding hydrogens is 226 g/mol. The van der Waals surface area contributed by atoms with E-state index in [1.165, 1.54) is 12.8 Å².